The third-order valence-corrected chi connectivity index (χ3v) is 2.06. The molecule has 1 amide bonds. The van der Waals surface area contributed by atoms with Crippen molar-refractivity contribution >= 4 is 11.9 Å². The zero-order chi connectivity index (χ0) is 12.1. The van der Waals surface area contributed by atoms with Gasteiger partial charge in [0.25, 0.3) is 5.91 Å². The van der Waals surface area contributed by atoms with Crippen LogP contribution in [0.3, 0.4) is 0 Å². The Bertz CT molecular complexity index is 386. The van der Waals surface area contributed by atoms with Gasteiger partial charge in [-0.1, -0.05) is 0 Å². The average Bonchev–Trinajstić information content (AvgIpc) is 2.64. The van der Waals surface area contributed by atoms with Crippen LogP contribution in [0.25, 0.3) is 0 Å². The zero-order valence-corrected chi connectivity index (χ0v) is 9.53. The topological polar surface area (TPSA) is 84.1 Å². The molecular weight excluding hydrogens is 210 g/mol. The number of carbonyl (C=O) groups is 2. The molecule has 0 bridgehead atoms. The molecule has 0 aliphatic heterocycles. The van der Waals surface area contributed by atoms with Gasteiger partial charge < -0.3 is 10.1 Å². The fourth-order valence-electron chi connectivity index (χ4n) is 1.18. The summed E-state index contributed by atoms with van der Waals surface area (Å²) >= 11 is 0. The number of aromatic amines is 1. The van der Waals surface area contributed by atoms with Crippen molar-refractivity contribution in [3.8, 4) is 0 Å². The van der Waals surface area contributed by atoms with Gasteiger partial charge in [0.05, 0.1) is 18.4 Å². The van der Waals surface area contributed by atoms with E-state index >= 15 is 0 Å². The van der Waals surface area contributed by atoms with Gasteiger partial charge in [-0.05, 0) is 20.8 Å². The fourth-order valence-corrected chi connectivity index (χ4v) is 1.18. The summed E-state index contributed by atoms with van der Waals surface area (Å²) in [5.41, 5.74) is 1.09. The Hall–Kier alpha value is -1.85. The van der Waals surface area contributed by atoms with Crippen molar-refractivity contribution in [2.45, 2.75) is 26.8 Å². The molecule has 1 aromatic rings. The number of ether oxygens (including phenoxy) is 1. The van der Waals surface area contributed by atoms with Gasteiger partial charge in [0, 0.05) is 5.69 Å². The number of amides is 1. The predicted molar refractivity (Wildman–Crippen MR) is 56.9 cm³/mol. The van der Waals surface area contributed by atoms with E-state index in [1.165, 1.54) is 6.20 Å². The standard InChI is InChI=1S/C10H15N3O3/c1-4-16-10(15)7(3)12-9(14)8-5-11-13-6(8)2/h5,7H,4H2,1-3H3,(H,11,13)(H,12,14). The lowest BCUT2D eigenvalue weighted by Gasteiger charge is -2.11. The molecule has 0 aromatic carbocycles. The second kappa shape index (κ2) is 5.29. The molecule has 1 aromatic heterocycles. The Balaban J connectivity index is 2.58. The molecule has 88 valence electrons. The van der Waals surface area contributed by atoms with Crippen LogP contribution in [0.1, 0.15) is 29.9 Å². The third-order valence-electron chi connectivity index (χ3n) is 2.06. The number of esters is 1. The first kappa shape index (κ1) is 12.2. The van der Waals surface area contributed by atoms with E-state index in [0.717, 1.165) is 0 Å². The van der Waals surface area contributed by atoms with E-state index in [1.54, 1.807) is 20.8 Å². The monoisotopic (exact) mass is 225 g/mol. The highest BCUT2D eigenvalue weighted by Gasteiger charge is 2.19. The number of aromatic nitrogens is 2. The van der Waals surface area contributed by atoms with E-state index in [4.69, 9.17) is 4.74 Å². The highest BCUT2D eigenvalue weighted by molar-refractivity contribution is 5.97. The van der Waals surface area contributed by atoms with Gasteiger partial charge in [0.2, 0.25) is 0 Å². The molecule has 0 saturated carbocycles. The molecule has 0 radical (unpaired) electrons. The summed E-state index contributed by atoms with van der Waals surface area (Å²) in [6.45, 7) is 5.32. The minimum absolute atomic E-state index is 0.295. The molecule has 0 saturated heterocycles. The Kier molecular flexibility index (Phi) is 4.04. The molecule has 16 heavy (non-hydrogen) atoms. The Morgan fingerprint density at radius 3 is 2.81 bits per heavy atom. The van der Waals surface area contributed by atoms with Crippen molar-refractivity contribution < 1.29 is 14.3 Å². The highest BCUT2D eigenvalue weighted by Crippen LogP contribution is 2.02. The van der Waals surface area contributed by atoms with Gasteiger partial charge in [0.15, 0.2) is 0 Å². The maximum atomic E-state index is 11.7. The van der Waals surface area contributed by atoms with Crippen LogP contribution in [0.2, 0.25) is 0 Å². The van der Waals surface area contributed by atoms with Crippen molar-refractivity contribution in [3.63, 3.8) is 0 Å². The molecule has 2 N–H and O–H groups in total. The number of H-pyrrole nitrogens is 1. The van der Waals surface area contributed by atoms with Crippen LogP contribution in [0, 0.1) is 6.92 Å². The number of hydrogen-bond acceptors (Lipinski definition) is 4. The van der Waals surface area contributed by atoms with E-state index in [2.05, 4.69) is 15.5 Å². The van der Waals surface area contributed by atoms with E-state index in [-0.39, 0.29) is 5.91 Å². The number of aryl methyl sites for hydroxylation is 1. The van der Waals surface area contributed by atoms with Crippen molar-refractivity contribution in [2.24, 2.45) is 0 Å². The van der Waals surface area contributed by atoms with Gasteiger partial charge in [-0.15, -0.1) is 0 Å². The molecule has 0 aliphatic rings. The maximum absolute atomic E-state index is 11.7. The summed E-state index contributed by atoms with van der Waals surface area (Å²) in [6.07, 6.45) is 1.42. The van der Waals surface area contributed by atoms with Gasteiger partial charge in [0.1, 0.15) is 6.04 Å². The summed E-state index contributed by atoms with van der Waals surface area (Å²) in [5.74, 6) is -0.788. The minimum Gasteiger partial charge on any atom is -0.464 e. The van der Waals surface area contributed by atoms with Crippen LogP contribution in [-0.4, -0.2) is 34.7 Å². The minimum atomic E-state index is -0.665. The molecule has 1 unspecified atom stereocenters. The number of rotatable bonds is 4. The second-order valence-corrected chi connectivity index (χ2v) is 3.36. The van der Waals surface area contributed by atoms with Crippen LogP contribution in [-0.2, 0) is 9.53 Å². The predicted octanol–water partition coefficient (Wildman–Crippen LogP) is 0.400. The number of nitrogens with one attached hydrogen (secondary N) is 2. The van der Waals surface area contributed by atoms with Crippen molar-refractivity contribution in [3.05, 3.63) is 17.5 Å². The lowest BCUT2D eigenvalue weighted by molar-refractivity contribution is -0.144. The maximum Gasteiger partial charge on any atom is 0.328 e. The molecule has 0 fully saturated rings. The number of hydrogen-bond donors (Lipinski definition) is 2. The quantitative estimate of drug-likeness (QED) is 0.726. The second-order valence-electron chi connectivity index (χ2n) is 3.36. The molecule has 0 spiro atoms. The van der Waals surface area contributed by atoms with Crippen molar-refractivity contribution in [1.82, 2.24) is 15.5 Å². The smallest absolute Gasteiger partial charge is 0.328 e. The molecule has 1 rings (SSSR count). The first-order valence-corrected chi connectivity index (χ1v) is 5.03. The summed E-state index contributed by atoms with van der Waals surface area (Å²) in [6, 6.07) is -0.665. The van der Waals surface area contributed by atoms with Crippen LogP contribution in [0.15, 0.2) is 6.20 Å². The average molecular weight is 225 g/mol. The highest BCUT2D eigenvalue weighted by atomic mass is 16.5. The van der Waals surface area contributed by atoms with E-state index in [0.29, 0.717) is 17.9 Å². The zero-order valence-electron chi connectivity index (χ0n) is 9.53. The Morgan fingerprint density at radius 2 is 2.31 bits per heavy atom. The van der Waals surface area contributed by atoms with Crippen molar-refractivity contribution in [2.75, 3.05) is 6.61 Å². The normalized spacial score (nSPS) is 11.9. The SMILES string of the molecule is CCOC(=O)C(C)NC(=O)c1cn[nH]c1C. The van der Waals surface area contributed by atoms with Gasteiger partial charge in [-0.25, -0.2) is 4.79 Å². The summed E-state index contributed by atoms with van der Waals surface area (Å²) in [4.78, 5) is 22.9. The van der Waals surface area contributed by atoms with Gasteiger partial charge in [-0.2, -0.15) is 5.10 Å². The lowest BCUT2D eigenvalue weighted by atomic mass is 10.2. The molecule has 6 nitrogen and oxygen atoms in total. The molecule has 1 atom stereocenters. The fraction of sp³-hybridized carbons (Fsp3) is 0.500. The van der Waals surface area contributed by atoms with E-state index in [1.807, 2.05) is 0 Å². The summed E-state index contributed by atoms with van der Waals surface area (Å²) in [5, 5.41) is 8.91. The molecular formula is C10H15N3O3. The molecule has 6 heteroatoms. The number of nitrogens with zero attached hydrogens (tertiary/aromatic N) is 1. The largest absolute Gasteiger partial charge is 0.464 e. The first-order valence-electron chi connectivity index (χ1n) is 5.03. The third kappa shape index (κ3) is 2.82. The van der Waals surface area contributed by atoms with Crippen molar-refractivity contribution in [1.29, 1.82) is 0 Å². The molecule has 0 aliphatic carbocycles. The van der Waals surface area contributed by atoms with Crippen LogP contribution in [0.5, 0.6) is 0 Å². The van der Waals surface area contributed by atoms with Crippen LogP contribution in [0.4, 0.5) is 0 Å². The number of carbonyl (C=O) groups excluding carboxylic acids is 2. The Labute approximate surface area is 93.4 Å². The van der Waals surface area contributed by atoms with E-state index < -0.39 is 12.0 Å². The first-order chi connectivity index (χ1) is 7.56. The summed E-state index contributed by atoms with van der Waals surface area (Å²) < 4.78 is 4.78. The van der Waals surface area contributed by atoms with E-state index in [9.17, 15) is 9.59 Å². The van der Waals surface area contributed by atoms with Gasteiger partial charge >= 0.3 is 5.97 Å². The van der Waals surface area contributed by atoms with Crippen LogP contribution >= 0.6 is 0 Å². The van der Waals surface area contributed by atoms with Gasteiger partial charge in [-0.3, -0.25) is 9.89 Å². The molecule has 1 heterocycles. The lowest BCUT2D eigenvalue weighted by Crippen LogP contribution is -2.39. The van der Waals surface area contributed by atoms with Crippen LogP contribution < -0.4 is 5.32 Å². The summed E-state index contributed by atoms with van der Waals surface area (Å²) in [7, 11) is 0. The Morgan fingerprint density at radius 1 is 1.62 bits per heavy atom.